The predicted molar refractivity (Wildman–Crippen MR) is 72.4 cm³/mol. The molecule has 1 rings (SSSR count). The zero-order valence-corrected chi connectivity index (χ0v) is 11.3. The summed E-state index contributed by atoms with van der Waals surface area (Å²) < 4.78 is 5.46. The van der Waals surface area contributed by atoms with Gasteiger partial charge in [0.1, 0.15) is 5.75 Å². The highest BCUT2D eigenvalue weighted by molar-refractivity contribution is 5.76. The standard InChI is InChI=1S/C14H22N2O2/c1-11(15)14(2,3)16-13(17)9-10-18-12-7-5-4-6-8-12/h4-8,11H,9-10,15H2,1-3H3,(H,16,17). The first kappa shape index (κ1) is 14.5. The van der Waals surface area contributed by atoms with Crippen LogP contribution in [0.5, 0.6) is 5.75 Å². The van der Waals surface area contributed by atoms with Crippen molar-refractivity contribution in [2.75, 3.05) is 6.61 Å². The van der Waals surface area contributed by atoms with E-state index >= 15 is 0 Å². The molecule has 18 heavy (non-hydrogen) atoms. The molecule has 1 aromatic carbocycles. The Bertz CT molecular complexity index is 375. The van der Waals surface area contributed by atoms with Crippen LogP contribution in [0.25, 0.3) is 0 Å². The lowest BCUT2D eigenvalue weighted by atomic mass is 9.97. The van der Waals surface area contributed by atoms with Crippen LogP contribution in [0.15, 0.2) is 30.3 Å². The largest absolute Gasteiger partial charge is 0.493 e. The number of benzene rings is 1. The first-order valence-electron chi connectivity index (χ1n) is 6.16. The van der Waals surface area contributed by atoms with Gasteiger partial charge < -0.3 is 15.8 Å². The van der Waals surface area contributed by atoms with Gasteiger partial charge in [-0.15, -0.1) is 0 Å². The molecule has 4 heteroatoms. The Labute approximate surface area is 109 Å². The van der Waals surface area contributed by atoms with E-state index in [1.165, 1.54) is 0 Å². The van der Waals surface area contributed by atoms with Crippen LogP contribution in [0.1, 0.15) is 27.2 Å². The van der Waals surface area contributed by atoms with Gasteiger partial charge in [-0.3, -0.25) is 4.79 Å². The summed E-state index contributed by atoms with van der Waals surface area (Å²) in [5.41, 5.74) is 5.39. The van der Waals surface area contributed by atoms with Crippen LogP contribution < -0.4 is 15.8 Å². The first-order chi connectivity index (χ1) is 8.42. The fraction of sp³-hybridized carbons (Fsp3) is 0.500. The Morgan fingerprint density at radius 3 is 2.56 bits per heavy atom. The Balaban J connectivity index is 2.30. The van der Waals surface area contributed by atoms with Crippen molar-refractivity contribution in [2.45, 2.75) is 38.8 Å². The van der Waals surface area contributed by atoms with E-state index in [4.69, 9.17) is 10.5 Å². The number of hydrogen-bond donors (Lipinski definition) is 2. The van der Waals surface area contributed by atoms with Crippen LogP contribution in [-0.4, -0.2) is 24.1 Å². The van der Waals surface area contributed by atoms with Crippen LogP contribution >= 0.6 is 0 Å². The summed E-state index contributed by atoms with van der Waals surface area (Å²) in [6.07, 6.45) is 0.324. The highest BCUT2D eigenvalue weighted by atomic mass is 16.5. The van der Waals surface area contributed by atoms with Crippen molar-refractivity contribution in [1.82, 2.24) is 5.32 Å². The molecule has 0 fully saturated rings. The maximum atomic E-state index is 11.7. The number of amides is 1. The van der Waals surface area contributed by atoms with Gasteiger partial charge in [-0.1, -0.05) is 18.2 Å². The lowest BCUT2D eigenvalue weighted by Crippen LogP contribution is -2.54. The number of hydrogen-bond acceptors (Lipinski definition) is 3. The molecule has 0 aliphatic rings. The SMILES string of the molecule is CC(N)C(C)(C)NC(=O)CCOc1ccccc1. The summed E-state index contributed by atoms with van der Waals surface area (Å²) in [5, 5.41) is 2.90. The number of carbonyl (C=O) groups is 1. The third-order valence-corrected chi connectivity index (χ3v) is 2.94. The smallest absolute Gasteiger partial charge is 0.223 e. The highest BCUT2D eigenvalue weighted by Crippen LogP contribution is 2.09. The van der Waals surface area contributed by atoms with E-state index in [0.29, 0.717) is 13.0 Å². The van der Waals surface area contributed by atoms with Gasteiger partial charge in [-0.2, -0.15) is 0 Å². The third kappa shape index (κ3) is 4.75. The maximum absolute atomic E-state index is 11.7. The molecule has 1 aromatic rings. The molecule has 0 spiro atoms. The van der Waals surface area contributed by atoms with Crippen molar-refractivity contribution in [3.63, 3.8) is 0 Å². The monoisotopic (exact) mass is 250 g/mol. The Kier molecular flexibility index (Phi) is 5.16. The fourth-order valence-corrected chi connectivity index (χ4v) is 1.31. The lowest BCUT2D eigenvalue weighted by Gasteiger charge is -2.30. The van der Waals surface area contributed by atoms with E-state index in [1.54, 1.807) is 0 Å². The number of ether oxygens (including phenoxy) is 1. The van der Waals surface area contributed by atoms with Crippen molar-refractivity contribution in [3.8, 4) is 5.75 Å². The molecular weight excluding hydrogens is 228 g/mol. The molecule has 0 aromatic heterocycles. The van der Waals surface area contributed by atoms with Crippen LogP contribution in [0.2, 0.25) is 0 Å². The van der Waals surface area contributed by atoms with E-state index in [9.17, 15) is 4.79 Å². The summed E-state index contributed by atoms with van der Waals surface area (Å²) in [4.78, 5) is 11.7. The number of nitrogens with two attached hydrogens (primary N) is 1. The molecule has 1 amide bonds. The number of rotatable bonds is 6. The molecule has 0 bridgehead atoms. The Hall–Kier alpha value is -1.55. The Morgan fingerprint density at radius 2 is 2.00 bits per heavy atom. The van der Waals surface area contributed by atoms with E-state index < -0.39 is 5.54 Å². The van der Waals surface area contributed by atoms with Crippen molar-refractivity contribution >= 4 is 5.91 Å². The van der Waals surface area contributed by atoms with Crippen molar-refractivity contribution in [1.29, 1.82) is 0 Å². The molecule has 0 saturated heterocycles. The molecule has 4 nitrogen and oxygen atoms in total. The van der Waals surface area contributed by atoms with Crippen LogP contribution in [0.3, 0.4) is 0 Å². The van der Waals surface area contributed by atoms with Gasteiger partial charge in [0.25, 0.3) is 0 Å². The average Bonchev–Trinajstić information content (AvgIpc) is 2.29. The quantitative estimate of drug-likeness (QED) is 0.807. The molecule has 1 unspecified atom stereocenters. The second-order valence-corrected chi connectivity index (χ2v) is 4.97. The topological polar surface area (TPSA) is 64.3 Å². The van der Waals surface area contributed by atoms with Crippen LogP contribution in [-0.2, 0) is 4.79 Å². The normalized spacial score (nSPS) is 12.9. The fourth-order valence-electron chi connectivity index (χ4n) is 1.31. The zero-order chi connectivity index (χ0) is 13.6. The van der Waals surface area contributed by atoms with Crippen LogP contribution in [0, 0.1) is 0 Å². The van der Waals surface area contributed by atoms with Gasteiger partial charge in [0, 0.05) is 11.6 Å². The lowest BCUT2D eigenvalue weighted by molar-refractivity contribution is -0.123. The summed E-state index contributed by atoms with van der Waals surface area (Å²) in [7, 11) is 0. The van der Waals surface area contributed by atoms with Crippen LogP contribution in [0.4, 0.5) is 0 Å². The minimum absolute atomic E-state index is 0.0479. The third-order valence-electron chi connectivity index (χ3n) is 2.94. The number of carbonyl (C=O) groups excluding carboxylic acids is 1. The minimum atomic E-state index is -0.399. The van der Waals surface area contributed by atoms with Gasteiger partial charge in [-0.25, -0.2) is 0 Å². The van der Waals surface area contributed by atoms with Crippen molar-refractivity contribution < 1.29 is 9.53 Å². The summed E-state index contributed by atoms with van der Waals surface area (Å²) in [6.45, 7) is 6.06. The van der Waals surface area contributed by atoms with Gasteiger partial charge in [0.05, 0.1) is 13.0 Å². The highest BCUT2D eigenvalue weighted by Gasteiger charge is 2.24. The molecular formula is C14H22N2O2. The summed E-state index contributed by atoms with van der Waals surface area (Å²) in [6, 6.07) is 9.35. The molecule has 0 aliphatic heterocycles. The number of para-hydroxylation sites is 1. The van der Waals surface area contributed by atoms with Crippen molar-refractivity contribution in [3.05, 3.63) is 30.3 Å². The summed E-state index contributed by atoms with van der Waals surface area (Å²) in [5.74, 6) is 0.727. The second-order valence-electron chi connectivity index (χ2n) is 4.97. The number of nitrogens with one attached hydrogen (secondary N) is 1. The molecule has 0 heterocycles. The molecule has 0 radical (unpaired) electrons. The van der Waals surface area contributed by atoms with E-state index in [0.717, 1.165) is 5.75 Å². The second kappa shape index (κ2) is 6.40. The minimum Gasteiger partial charge on any atom is -0.493 e. The maximum Gasteiger partial charge on any atom is 0.223 e. The van der Waals surface area contributed by atoms with Gasteiger partial charge in [0.15, 0.2) is 0 Å². The molecule has 100 valence electrons. The zero-order valence-electron chi connectivity index (χ0n) is 11.3. The van der Waals surface area contributed by atoms with E-state index in [-0.39, 0.29) is 11.9 Å². The van der Waals surface area contributed by atoms with Gasteiger partial charge in [-0.05, 0) is 32.9 Å². The molecule has 0 aliphatic carbocycles. The Morgan fingerprint density at radius 1 is 1.39 bits per heavy atom. The van der Waals surface area contributed by atoms with E-state index in [1.807, 2.05) is 51.1 Å². The van der Waals surface area contributed by atoms with Gasteiger partial charge in [0.2, 0.25) is 5.91 Å². The average molecular weight is 250 g/mol. The molecule has 1 atom stereocenters. The summed E-state index contributed by atoms with van der Waals surface area (Å²) >= 11 is 0. The van der Waals surface area contributed by atoms with E-state index in [2.05, 4.69) is 5.32 Å². The van der Waals surface area contributed by atoms with Gasteiger partial charge >= 0.3 is 0 Å². The first-order valence-corrected chi connectivity index (χ1v) is 6.16. The predicted octanol–water partition coefficient (Wildman–Crippen LogP) is 1.70. The van der Waals surface area contributed by atoms with Crippen molar-refractivity contribution in [2.24, 2.45) is 5.73 Å². The molecule has 3 N–H and O–H groups in total. The molecule has 0 saturated carbocycles.